The molecule has 0 radical (unpaired) electrons. The maximum absolute atomic E-state index is 6.23. The van der Waals surface area contributed by atoms with Gasteiger partial charge in [-0.2, -0.15) is 0 Å². The van der Waals surface area contributed by atoms with E-state index in [-0.39, 0.29) is 0 Å². The maximum Gasteiger partial charge on any atom is 0.0390 e. The van der Waals surface area contributed by atoms with E-state index >= 15 is 0 Å². The Labute approximate surface area is 165 Å². The van der Waals surface area contributed by atoms with E-state index in [1.54, 1.807) is 6.08 Å². The van der Waals surface area contributed by atoms with Gasteiger partial charge < -0.3 is 5.73 Å². The first-order chi connectivity index (χ1) is 13.0. The number of nitrogen functional groups attached to an aromatic ring is 1. The molecular formula is C26H31N. The first-order valence-electron chi connectivity index (χ1n) is 9.12. The number of allylic oxidation sites excluding steroid dienone is 13. The molecule has 0 bridgehead atoms. The van der Waals surface area contributed by atoms with Crippen molar-refractivity contribution in [1.29, 1.82) is 0 Å². The molecule has 0 aliphatic heterocycles. The summed E-state index contributed by atoms with van der Waals surface area (Å²) in [6, 6.07) is 6.16. The van der Waals surface area contributed by atoms with Gasteiger partial charge in [-0.1, -0.05) is 73.9 Å². The molecule has 0 spiro atoms. The Balaban J connectivity index is 3.39. The second-order valence-electron chi connectivity index (χ2n) is 6.26. The lowest BCUT2D eigenvalue weighted by atomic mass is 9.94. The Morgan fingerprint density at radius 3 is 2.33 bits per heavy atom. The quantitative estimate of drug-likeness (QED) is 0.277. The molecular weight excluding hydrogens is 326 g/mol. The van der Waals surface area contributed by atoms with Gasteiger partial charge in [0.15, 0.2) is 0 Å². The molecule has 0 atom stereocenters. The summed E-state index contributed by atoms with van der Waals surface area (Å²) >= 11 is 0. The van der Waals surface area contributed by atoms with Crippen LogP contribution >= 0.6 is 0 Å². The molecule has 1 aromatic carbocycles. The summed E-state index contributed by atoms with van der Waals surface area (Å²) in [5.74, 6) is 0. The number of rotatable bonds is 9. The van der Waals surface area contributed by atoms with E-state index in [9.17, 15) is 0 Å². The Hall–Kier alpha value is -3.06. The van der Waals surface area contributed by atoms with E-state index in [1.807, 2.05) is 43.4 Å². The van der Waals surface area contributed by atoms with E-state index < -0.39 is 0 Å². The highest BCUT2D eigenvalue weighted by Gasteiger charge is 2.08. The molecule has 1 aromatic rings. The first-order valence-corrected chi connectivity index (χ1v) is 9.12. The first kappa shape index (κ1) is 22.0. The van der Waals surface area contributed by atoms with Crippen LogP contribution in [0.3, 0.4) is 0 Å². The molecule has 0 saturated heterocycles. The smallest absolute Gasteiger partial charge is 0.0390 e. The highest BCUT2D eigenvalue weighted by molar-refractivity contribution is 5.83. The highest BCUT2D eigenvalue weighted by Crippen LogP contribution is 2.29. The van der Waals surface area contributed by atoms with Crippen molar-refractivity contribution in [2.24, 2.45) is 0 Å². The van der Waals surface area contributed by atoms with Gasteiger partial charge in [0, 0.05) is 11.3 Å². The van der Waals surface area contributed by atoms with Crippen molar-refractivity contribution in [3.63, 3.8) is 0 Å². The minimum Gasteiger partial charge on any atom is -0.398 e. The Bertz CT molecular complexity index is 839. The SMILES string of the molecule is C=C\C=C/C=C(C)/C(C)=C/C(=C\C=C)c1ccc(N)c(/C(=C/C)CC=C)c1. The zero-order valence-corrected chi connectivity index (χ0v) is 16.8. The summed E-state index contributed by atoms with van der Waals surface area (Å²) in [4.78, 5) is 0. The molecule has 0 heterocycles. The fourth-order valence-electron chi connectivity index (χ4n) is 2.66. The van der Waals surface area contributed by atoms with Gasteiger partial charge in [0.2, 0.25) is 0 Å². The van der Waals surface area contributed by atoms with Crippen molar-refractivity contribution in [2.45, 2.75) is 27.2 Å². The lowest BCUT2D eigenvalue weighted by Gasteiger charge is -2.13. The Morgan fingerprint density at radius 2 is 1.74 bits per heavy atom. The second kappa shape index (κ2) is 11.5. The monoisotopic (exact) mass is 357 g/mol. The van der Waals surface area contributed by atoms with Crippen LogP contribution in [0.5, 0.6) is 0 Å². The van der Waals surface area contributed by atoms with E-state index in [4.69, 9.17) is 5.73 Å². The minimum absolute atomic E-state index is 0.776. The lowest BCUT2D eigenvalue weighted by Crippen LogP contribution is -1.96. The molecule has 0 amide bonds. The van der Waals surface area contributed by atoms with Crippen LogP contribution in [-0.4, -0.2) is 0 Å². The third-order valence-corrected chi connectivity index (χ3v) is 4.33. The number of hydrogen-bond acceptors (Lipinski definition) is 1. The molecule has 1 nitrogen and oxygen atoms in total. The van der Waals surface area contributed by atoms with Crippen molar-refractivity contribution in [2.75, 3.05) is 5.73 Å². The van der Waals surface area contributed by atoms with Crippen molar-refractivity contribution >= 4 is 16.8 Å². The standard InChI is InChI=1S/C26H31N/c1-7-11-12-15-20(5)21(6)18-23(14-9-3)24-16-17-26(27)25(19-24)22(10-4)13-8-2/h7-12,14-19H,1-3,13,27H2,4-6H3/b12-11-,20-15+,21-18+,22-10+,23-14+. The van der Waals surface area contributed by atoms with Gasteiger partial charge >= 0.3 is 0 Å². The van der Waals surface area contributed by atoms with E-state index in [0.717, 1.165) is 28.8 Å². The van der Waals surface area contributed by atoms with Gasteiger partial charge in [-0.25, -0.2) is 0 Å². The van der Waals surface area contributed by atoms with E-state index in [0.29, 0.717) is 0 Å². The van der Waals surface area contributed by atoms with Crippen LogP contribution in [0.25, 0.3) is 11.1 Å². The van der Waals surface area contributed by atoms with Crippen molar-refractivity contribution in [1.82, 2.24) is 0 Å². The molecule has 0 saturated carbocycles. The summed E-state index contributed by atoms with van der Waals surface area (Å²) in [6.07, 6.45) is 18.5. The summed E-state index contributed by atoms with van der Waals surface area (Å²) in [5.41, 5.74) is 13.8. The molecule has 27 heavy (non-hydrogen) atoms. The number of hydrogen-bond donors (Lipinski definition) is 1. The number of nitrogens with two attached hydrogens (primary N) is 1. The molecule has 0 aliphatic rings. The van der Waals surface area contributed by atoms with Gasteiger partial charge in [0.25, 0.3) is 0 Å². The van der Waals surface area contributed by atoms with Gasteiger partial charge in [-0.15, -0.1) is 6.58 Å². The summed E-state index contributed by atoms with van der Waals surface area (Å²) < 4.78 is 0. The van der Waals surface area contributed by atoms with Crippen LogP contribution in [0.15, 0.2) is 104 Å². The fraction of sp³-hybridized carbons (Fsp3) is 0.154. The zero-order valence-electron chi connectivity index (χ0n) is 16.8. The predicted octanol–water partition coefficient (Wildman–Crippen LogP) is 7.45. The molecule has 0 unspecified atom stereocenters. The maximum atomic E-state index is 6.23. The van der Waals surface area contributed by atoms with E-state index in [2.05, 4.69) is 63.9 Å². The average molecular weight is 358 g/mol. The van der Waals surface area contributed by atoms with Gasteiger partial charge in [0.05, 0.1) is 0 Å². The fourth-order valence-corrected chi connectivity index (χ4v) is 2.66. The second-order valence-corrected chi connectivity index (χ2v) is 6.26. The van der Waals surface area contributed by atoms with Gasteiger partial charge in [-0.3, -0.25) is 0 Å². The van der Waals surface area contributed by atoms with Crippen LogP contribution in [-0.2, 0) is 0 Å². The van der Waals surface area contributed by atoms with Crippen LogP contribution in [0, 0.1) is 0 Å². The van der Waals surface area contributed by atoms with Gasteiger partial charge in [-0.05, 0) is 67.2 Å². The summed E-state index contributed by atoms with van der Waals surface area (Å²) in [7, 11) is 0. The number of anilines is 1. The third kappa shape index (κ3) is 6.63. The normalized spacial score (nSPS) is 13.7. The van der Waals surface area contributed by atoms with Crippen LogP contribution in [0.4, 0.5) is 5.69 Å². The average Bonchev–Trinajstić information content (AvgIpc) is 2.66. The summed E-state index contributed by atoms with van der Waals surface area (Å²) in [6.45, 7) is 17.6. The highest BCUT2D eigenvalue weighted by atomic mass is 14.6. The topological polar surface area (TPSA) is 26.0 Å². The predicted molar refractivity (Wildman–Crippen MR) is 124 cm³/mol. The van der Waals surface area contributed by atoms with E-state index in [1.165, 1.54) is 16.7 Å². The minimum atomic E-state index is 0.776. The van der Waals surface area contributed by atoms with Crippen LogP contribution in [0.1, 0.15) is 38.3 Å². The zero-order chi connectivity index (χ0) is 20.2. The molecule has 2 N–H and O–H groups in total. The van der Waals surface area contributed by atoms with Crippen LogP contribution in [0.2, 0.25) is 0 Å². The molecule has 0 aromatic heterocycles. The van der Waals surface area contributed by atoms with Crippen molar-refractivity contribution in [3.8, 4) is 0 Å². The Kier molecular flexibility index (Phi) is 9.39. The Morgan fingerprint density at radius 1 is 1.00 bits per heavy atom. The number of benzene rings is 1. The van der Waals surface area contributed by atoms with Crippen LogP contribution < -0.4 is 5.73 Å². The molecule has 0 aliphatic carbocycles. The molecule has 0 fully saturated rings. The summed E-state index contributed by atoms with van der Waals surface area (Å²) in [5, 5.41) is 0. The molecule has 1 rings (SSSR count). The van der Waals surface area contributed by atoms with Gasteiger partial charge in [0.1, 0.15) is 0 Å². The van der Waals surface area contributed by atoms with Crippen molar-refractivity contribution < 1.29 is 0 Å². The molecule has 140 valence electrons. The lowest BCUT2D eigenvalue weighted by molar-refractivity contribution is 1.34. The molecule has 1 heteroatoms. The largest absolute Gasteiger partial charge is 0.398 e. The van der Waals surface area contributed by atoms with Crippen molar-refractivity contribution in [3.05, 3.63) is 115 Å². The third-order valence-electron chi connectivity index (χ3n) is 4.33.